The number of rotatable bonds is 3. The van der Waals surface area contributed by atoms with Gasteiger partial charge in [-0.3, -0.25) is 0 Å². The zero-order valence-electron chi connectivity index (χ0n) is 9.51. The summed E-state index contributed by atoms with van der Waals surface area (Å²) in [7, 11) is 0. The predicted molar refractivity (Wildman–Crippen MR) is 60.7 cm³/mol. The van der Waals surface area contributed by atoms with Crippen LogP contribution in [-0.4, -0.2) is 14.6 Å². The fourth-order valence-corrected chi connectivity index (χ4v) is 1.57. The lowest BCUT2D eigenvalue weighted by atomic mass is 9.94. The van der Waals surface area contributed by atoms with Crippen LogP contribution < -0.4 is 0 Å². The zero-order valence-corrected chi connectivity index (χ0v) is 9.51. The minimum absolute atomic E-state index is 0.632. The van der Waals surface area contributed by atoms with Crippen molar-refractivity contribution >= 4 is 5.52 Å². The summed E-state index contributed by atoms with van der Waals surface area (Å²) in [6.07, 6.45) is 4.66. The monoisotopic (exact) mass is 203 g/mol. The molecule has 1 unspecified atom stereocenters. The summed E-state index contributed by atoms with van der Waals surface area (Å²) in [6.45, 7) is 6.75. The number of fused-ring (bicyclic) bond motifs is 1. The molecule has 2 aromatic rings. The molecule has 3 nitrogen and oxygen atoms in total. The molecular formula is C12H17N3. The molecule has 0 aliphatic heterocycles. The van der Waals surface area contributed by atoms with Crippen molar-refractivity contribution in [2.45, 2.75) is 27.2 Å². The van der Waals surface area contributed by atoms with Gasteiger partial charge < -0.3 is 0 Å². The second-order valence-electron chi connectivity index (χ2n) is 4.45. The molecule has 0 radical (unpaired) electrons. The maximum atomic E-state index is 4.40. The van der Waals surface area contributed by atoms with Gasteiger partial charge in [0.05, 0.1) is 11.7 Å². The van der Waals surface area contributed by atoms with E-state index in [0.717, 1.165) is 17.8 Å². The molecule has 0 fully saturated rings. The lowest BCUT2D eigenvalue weighted by Gasteiger charge is -2.15. The van der Waals surface area contributed by atoms with Crippen molar-refractivity contribution in [3.8, 4) is 0 Å². The second-order valence-corrected chi connectivity index (χ2v) is 4.45. The highest BCUT2D eigenvalue weighted by atomic mass is 15.2. The molecule has 2 rings (SSSR count). The second kappa shape index (κ2) is 4.01. The van der Waals surface area contributed by atoms with Gasteiger partial charge in [0, 0.05) is 12.6 Å². The summed E-state index contributed by atoms with van der Waals surface area (Å²) < 4.78 is 1.93. The van der Waals surface area contributed by atoms with Crippen LogP contribution in [-0.2, 0) is 6.42 Å². The molecule has 2 aromatic heterocycles. The van der Waals surface area contributed by atoms with E-state index in [9.17, 15) is 0 Å². The molecule has 0 amide bonds. The fourth-order valence-electron chi connectivity index (χ4n) is 1.57. The third-order valence-electron chi connectivity index (χ3n) is 3.03. The summed E-state index contributed by atoms with van der Waals surface area (Å²) in [4.78, 5) is 4.40. The molecule has 2 heterocycles. The topological polar surface area (TPSA) is 30.2 Å². The Balaban J connectivity index is 2.31. The Bertz CT molecular complexity index is 445. The molecular weight excluding hydrogens is 186 g/mol. The predicted octanol–water partition coefficient (Wildman–Crippen LogP) is 2.56. The maximum absolute atomic E-state index is 4.40. The highest BCUT2D eigenvalue weighted by Crippen LogP contribution is 2.15. The Kier molecular flexibility index (Phi) is 2.71. The van der Waals surface area contributed by atoms with Crippen molar-refractivity contribution in [2.75, 3.05) is 0 Å². The van der Waals surface area contributed by atoms with Gasteiger partial charge in [0.2, 0.25) is 0 Å². The normalized spacial score (nSPS) is 13.6. The summed E-state index contributed by atoms with van der Waals surface area (Å²) in [5.41, 5.74) is 1.12. The molecule has 3 heteroatoms. The van der Waals surface area contributed by atoms with E-state index in [-0.39, 0.29) is 0 Å². The van der Waals surface area contributed by atoms with Crippen LogP contribution in [0.15, 0.2) is 24.5 Å². The average Bonchev–Trinajstić information content (AvgIpc) is 2.66. The van der Waals surface area contributed by atoms with Crippen LogP contribution in [0.2, 0.25) is 0 Å². The molecule has 0 saturated heterocycles. The van der Waals surface area contributed by atoms with Gasteiger partial charge in [-0.05, 0) is 24.0 Å². The van der Waals surface area contributed by atoms with Crippen molar-refractivity contribution in [1.82, 2.24) is 14.6 Å². The molecule has 0 aliphatic carbocycles. The molecule has 80 valence electrons. The van der Waals surface area contributed by atoms with Crippen LogP contribution in [0.25, 0.3) is 5.52 Å². The molecule has 1 atom stereocenters. The first-order valence-electron chi connectivity index (χ1n) is 5.46. The van der Waals surface area contributed by atoms with E-state index in [0.29, 0.717) is 11.8 Å². The molecule has 0 saturated carbocycles. The Morgan fingerprint density at radius 3 is 2.67 bits per heavy atom. The van der Waals surface area contributed by atoms with Gasteiger partial charge in [-0.15, -0.1) is 0 Å². The Hall–Kier alpha value is -1.38. The molecule has 0 aliphatic rings. The summed E-state index contributed by atoms with van der Waals surface area (Å²) in [5.74, 6) is 2.36. The molecule has 0 aromatic carbocycles. The molecule has 0 bridgehead atoms. The largest absolute Gasteiger partial charge is 0.241 e. The number of aromatic nitrogens is 3. The Morgan fingerprint density at radius 2 is 1.93 bits per heavy atom. The van der Waals surface area contributed by atoms with Gasteiger partial charge in [-0.1, -0.05) is 20.8 Å². The third-order valence-corrected chi connectivity index (χ3v) is 3.03. The van der Waals surface area contributed by atoms with Gasteiger partial charge in [0.25, 0.3) is 0 Å². The van der Waals surface area contributed by atoms with E-state index >= 15 is 0 Å². The van der Waals surface area contributed by atoms with Gasteiger partial charge in [-0.25, -0.2) is 9.50 Å². The third kappa shape index (κ3) is 2.01. The SMILES string of the molecule is CC(C)C(C)Cc1nccc2ccnn12. The molecule has 15 heavy (non-hydrogen) atoms. The van der Waals surface area contributed by atoms with E-state index in [1.165, 1.54) is 0 Å². The van der Waals surface area contributed by atoms with Crippen LogP contribution in [0, 0.1) is 11.8 Å². The first kappa shape index (κ1) is 10.1. The standard InChI is InChI=1S/C12H17N3/c1-9(2)10(3)8-12-13-6-4-11-5-7-14-15(11)12/h4-7,9-10H,8H2,1-3H3. The molecule has 0 spiro atoms. The number of hydrogen-bond acceptors (Lipinski definition) is 2. The van der Waals surface area contributed by atoms with Crippen LogP contribution in [0.1, 0.15) is 26.6 Å². The Labute approximate surface area is 90.1 Å². The van der Waals surface area contributed by atoms with Gasteiger partial charge in [0.15, 0.2) is 0 Å². The zero-order chi connectivity index (χ0) is 10.8. The van der Waals surface area contributed by atoms with E-state index in [1.807, 2.05) is 29.0 Å². The van der Waals surface area contributed by atoms with E-state index in [2.05, 4.69) is 30.9 Å². The van der Waals surface area contributed by atoms with Crippen molar-refractivity contribution in [3.05, 3.63) is 30.4 Å². The summed E-state index contributed by atoms with van der Waals surface area (Å²) >= 11 is 0. The van der Waals surface area contributed by atoms with E-state index < -0.39 is 0 Å². The van der Waals surface area contributed by atoms with Gasteiger partial charge >= 0.3 is 0 Å². The summed E-state index contributed by atoms with van der Waals surface area (Å²) in [6, 6.07) is 3.99. The lowest BCUT2D eigenvalue weighted by Crippen LogP contribution is -2.12. The smallest absolute Gasteiger partial charge is 0.130 e. The number of nitrogens with zero attached hydrogens (tertiary/aromatic N) is 3. The first-order valence-corrected chi connectivity index (χ1v) is 5.46. The Morgan fingerprint density at radius 1 is 1.20 bits per heavy atom. The highest BCUT2D eigenvalue weighted by molar-refractivity contribution is 5.44. The van der Waals surface area contributed by atoms with Gasteiger partial charge in [-0.2, -0.15) is 5.10 Å². The minimum Gasteiger partial charge on any atom is -0.241 e. The molecule has 0 N–H and O–H groups in total. The number of hydrogen-bond donors (Lipinski definition) is 0. The van der Waals surface area contributed by atoms with E-state index in [1.54, 1.807) is 0 Å². The highest BCUT2D eigenvalue weighted by Gasteiger charge is 2.11. The van der Waals surface area contributed by atoms with Crippen LogP contribution >= 0.6 is 0 Å². The van der Waals surface area contributed by atoms with Crippen LogP contribution in [0.3, 0.4) is 0 Å². The average molecular weight is 203 g/mol. The van der Waals surface area contributed by atoms with Crippen LogP contribution in [0.5, 0.6) is 0 Å². The van der Waals surface area contributed by atoms with Crippen molar-refractivity contribution < 1.29 is 0 Å². The quantitative estimate of drug-likeness (QED) is 0.767. The fraction of sp³-hybridized carbons (Fsp3) is 0.500. The summed E-state index contributed by atoms with van der Waals surface area (Å²) in [5, 5.41) is 4.29. The van der Waals surface area contributed by atoms with E-state index in [4.69, 9.17) is 0 Å². The maximum Gasteiger partial charge on any atom is 0.130 e. The van der Waals surface area contributed by atoms with Crippen molar-refractivity contribution in [1.29, 1.82) is 0 Å². The van der Waals surface area contributed by atoms with Crippen molar-refractivity contribution in [3.63, 3.8) is 0 Å². The van der Waals surface area contributed by atoms with Gasteiger partial charge in [0.1, 0.15) is 5.82 Å². The first-order chi connectivity index (χ1) is 7.18. The lowest BCUT2D eigenvalue weighted by molar-refractivity contribution is 0.406. The minimum atomic E-state index is 0.632. The van der Waals surface area contributed by atoms with Crippen molar-refractivity contribution in [2.24, 2.45) is 11.8 Å². The van der Waals surface area contributed by atoms with Crippen LogP contribution in [0.4, 0.5) is 0 Å².